The monoisotopic (exact) mass is 250 g/mol. The van der Waals surface area contributed by atoms with Crippen LogP contribution in [0.15, 0.2) is 24.3 Å². The first-order valence-corrected chi connectivity index (χ1v) is 6.10. The van der Waals surface area contributed by atoms with Crippen molar-refractivity contribution >= 4 is 11.6 Å². The molecule has 0 aliphatic rings. The fraction of sp³-hybridized carbons (Fsp3) is 0.429. The van der Waals surface area contributed by atoms with Crippen LogP contribution in [0.1, 0.15) is 18.9 Å². The molecule has 0 aliphatic carbocycles. The normalized spacial score (nSPS) is 14.0. The standard InChI is InChI=1S/C14H19ClN2/c1-3-4-9-17-14(2,11-16)10-12-5-7-13(15)8-6-12/h1,5-8,17H,4,9-11,16H2,2H3. The number of hydrogen-bond donors (Lipinski definition) is 2. The van der Waals surface area contributed by atoms with Gasteiger partial charge in [0.05, 0.1) is 0 Å². The molecule has 0 aliphatic heterocycles. The summed E-state index contributed by atoms with van der Waals surface area (Å²) in [6.45, 7) is 3.47. The van der Waals surface area contributed by atoms with Gasteiger partial charge in [0.25, 0.3) is 0 Å². The van der Waals surface area contributed by atoms with Crippen LogP contribution in [-0.4, -0.2) is 18.6 Å². The molecule has 1 unspecified atom stereocenters. The third kappa shape index (κ3) is 4.79. The maximum absolute atomic E-state index is 5.86. The summed E-state index contributed by atoms with van der Waals surface area (Å²) < 4.78 is 0. The summed E-state index contributed by atoms with van der Waals surface area (Å²) in [7, 11) is 0. The molecule has 0 bridgehead atoms. The Morgan fingerprint density at radius 1 is 1.41 bits per heavy atom. The SMILES string of the molecule is C#CCCNC(C)(CN)Cc1ccc(Cl)cc1. The molecule has 0 spiro atoms. The minimum Gasteiger partial charge on any atom is -0.329 e. The summed E-state index contributed by atoms with van der Waals surface area (Å²) in [6, 6.07) is 7.85. The van der Waals surface area contributed by atoms with Crippen molar-refractivity contribution in [3.8, 4) is 12.3 Å². The zero-order valence-corrected chi connectivity index (χ0v) is 10.9. The summed E-state index contributed by atoms with van der Waals surface area (Å²) in [6.07, 6.45) is 6.82. The van der Waals surface area contributed by atoms with E-state index in [0.29, 0.717) is 6.54 Å². The Morgan fingerprint density at radius 2 is 2.06 bits per heavy atom. The Balaban J connectivity index is 2.61. The van der Waals surface area contributed by atoms with Crippen LogP contribution in [0.3, 0.4) is 0 Å². The average molecular weight is 251 g/mol. The van der Waals surface area contributed by atoms with Gasteiger partial charge in [-0.1, -0.05) is 23.7 Å². The van der Waals surface area contributed by atoms with Gasteiger partial charge in [-0.2, -0.15) is 0 Å². The minimum absolute atomic E-state index is 0.120. The maximum Gasteiger partial charge on any atom is 0.0406 e. The lowest BCUT2D eigenvalue weighted by Gasteiger charge is -2.29. The van der Waals surface area contributed by atoms with E-state index in [1.54, 1.807) is 0 Å². The van der Waals surface area contributed by atoms with Gasteiger partial charge in [-0.25, -0.2) is 0 Å². The molecule has 1 atom stereocenters. The number of nitrogens with one attached hydrogen (secondary N) is 1. The smallest absolute Gasteiger partial charge is 0.0406 e. The van der Waals surface area contributed by atoms with Crippen LogP contribution in [0.4, 0.5) is 0 Å². The fourth-order valence-electron chi connectivity index (χ4n) is 1.70. The van der Waals surface area contributed by atoms with Crippen LogP contribution in [0.25, 0.3) is 0 Å². The third-order valence-corrected chi connectivity index (χ3v) is 3.03. The van der Waals surface area contributed by atoms with Crippen molar-refractivity contribution in [2.24, 2.45) is 5.73 Å². The highest BCUT2D eigenvalue weighted by Gasteiger charge is 2.21. The largest absolute Gasteiger partial charge is 0.329 e. The van der Waals surface area contributed by atoms with Crippen molar-refractivity contribution in [3.05, 3.63) is 34.9 Å². The molecule has 0 fully saturated rings. The Labute approximate surface area is 109 Å². The molecule has 92 valence electrons. The van der Waals surface area contributed by atoms with Crippen molar-refractivity contribution in [2.45, 2.75) is 25.3 Å². The van der Waals surface area contributed by atoms with Crippen LogP contribution in [-0.2, 0) is 6.42 Å². The average Bonchev–Trinajstić information content (AvgIpc) is 2.33. The van der Waals surface area contributed by atoms with Crippen molar-refractivity contribution in [1.29, 1.82) is 0 Å². The van der Waals surface area contributed by atoms with Gasteiger partial charge < -0.3 is 11.1 Å². The number of benzene rings is 1. The molecule has 0 radical (unpaired) electrons. The van der Waals surface area contributed by atoms with Crippen molar-refractivity contribution in [1.82, 2.24) is 5.32 Å². The van der Waals surface area contributed by atoms with Gasteiger partial charge in [-0.15, -0.1) is 12.3 Å². The van der Waals surface area contributed by atoms with E-state index < -0.39 is 0 Å². The number of rotatable bonds is 6. The lowest BCUT2D eigenvalue weighted by Crippen LogP contribution is -2.50. The molecule has 0 saturated carbocycles. The topological polar surface area (TPSA) is 38.0 Å². The molecule has 2 nitrogen and oxygen atoms in total. The van der Waals surface area contributed by atoms with Crippen LogP contribution in [0, 0.1) is 12.3 Å². The van der Waals surface area contributed by atoms with Gasteiger partial charge in [0.1, 0.15) is 0 Å². The predicted molar refractivity (Wildman–Crippen MR) is 74.1 cm³/mol. The van der Waals surface area contributed by atoms with E-state index in [-0.39, 0.29) is 5.54 Å². The maximum atomic E-state index is 5.86. The minimum atomic E-state index is -0.120. The molecule has 3 heteroatoms. The van der Waals surface area contributed by atoms with E-state index in [1.807, 2.05) is 24.3 Å². The lowest BCUT2D eigenvalue weighted by molar-refractivity contribution is 0.366. The quantitative estimate of drug-likeness (QED) is 0.600. The van der Waals surface area contributed by atoms with Crippen molar-refractivity contribution < 1.29 is 0 Å². The summed E-state index contributed by atoms with van der Waals surface area (Å²) in [5.74, 6) is 2.61. The molecule has 1 aromatic rings. The number of hydrogen-bond acceptors (Lipinski definition) is 2. The van der Waals surface area contributed by atoms with E-state index in [4.69, 9.17) is 23.8 Å². The van der Waals surface area contributed by atoms with E-state index in [1.165, 1.54) is 5.56 Å². The fourth-order valence-corrected chi connectivity index (χ4v) is 1.82. The predicted octanol–water partition coefficient (Wildman–Crippen LogP) is 2.21. The third-order valence-electron chi connectivity index (χ3n) is 2.78. The lowest BCUT2D eigenvalue weighted by atomic mass is 9.93. The van der Waals surface area contributed by atoms with E-state index >= 15 is 0 Å². The first kappa shape index (κ1) is 14.1. The van der Waals surface area contributed by atoms with Crippen molar-refractivity contribution in [3.63, 3.8) is 0 Å². The second-order valence-electron chi connectivity index (χ2n) is 4.45. The van der Waals surface area contributed by atoms with Gasteiger partial charge in [0.2, 0.25) is 0 Å². The summed E-state index contributed by atoms with van der Waals surface area (Å²) in [5, 5.41) is 4.16. The van der Waals surface area contributed by atoms with E-state index in [2.05, 4.69) is 18.2 Å². The molecule has 0 saturated heterocycles. The molecule has 0 aromatic heterocycles. The Kier molecular flexibility index (Phi) is 5.50. The van der Waals surface area contributed by atoms with E-state index in [0.717, 1.165) is 24.4 Å². The second-order valence-corrected chi connectivity index (χ2v) is 4.89. The highest BCUT2D eigenvalue weighted by molar-refractivity contribution is 6.30. The van der Waals surface area contributed by atoms with Crippen LogP contribution < -0.4 is 11.1 Å². The molecular formula is C14H19ClN2. The molecule has 0 heterocycles. The summed E-state index contributed by atoms with van der Waals surface area (Å²) >= 11 is 5.86. The molecule has 1 rings (SSSR count). The van der Waals surface area contributed by atoms with E-state index in [9.17, 15) is 0 Å². The highest BCUT2D eigenvalue weighted by atomic mass is 35.5. The molecule has 3 N–H and O–H groups in total. The van der Waals surface area contributed by atoms with Crippen LogP contribution >= 0.6 is 11.6 Å². The van der Waals surface area contributed by atoms with Crippen molar-refractivity contribution in [2.75, 3.05) is 13.1 Å². The summed E-state index contributed by atoms with van der Waals surface area (Å²) in [4.78, 5) is 0. The zero-order chi connectivity index (χ0) is 12.7. The highest BCUT2D eigenvalue weighted by Crippen LogP contribution is 2.15. The summed E-state index contributed by atoms with van der Waals surface area (Å²) in [5.41, 5.74) is 6.92. The number of nitrogens with two attached hydrogens (primary N) is 1. The Bertz CT molecular complexity index is 380. The van der Waals surface area contributed by atoms with Gasteiger partial charge in [-0.3, -0.25) is 0 Å². The Hall–Kier alpha value is -1.01. The van der Waals surface area contributed by atoms with Crippen LogP contribution in [0.2, 0.25) is 5.02 Å². The van der Waals surface area contributed by atoms with Gasteiger partial charge >= 0.3 is 0 Å². The molecular weight excluding hydrogens is 232 g/mol. The van der Waals surface area contributed by atoms with Crippen LogP contribution in [0.5, 0.6) is 0 Å². The first-order valence-electron chi connectivity index (χ1n) is 5.73. The van der Waals surface area contributed by atoms with Gasteiger partial charge in [-0.05, 0) is 31.0 Å². The van der Waals surface area contributed by atoms with Gasteiger partial charge in [0, 0.05) is 30.1 Å². The second kappa shape index (κ2) is 6.66. The van der Waals surface area contributed by atoms with Gasteiger partial charge in [0.15, 0.2) is 0 Å². The number of halogens is 1. The first-order chi connectivity index (χ1) is 8.09. The zero-order valence-electron chi connectivity index (χ0n) is 10.2. The molecule has 0 amide bonds. The molecule has 1 aromatic carbocycles. The number of terminal acetylenes is 1. The Morgan fingerprint density at radius 3 is 2.59 bits per heavy atom. The molecule has 17 heavy (non-hydrogen) atoms.